The van der Waals surface area contributed by atoms with Crippen molar-refractivity contribution >= 4 is 21.9 Å². The average molecular weight is 350 g/mol. The van der Waals surface area contributed by atoms with Gasteiger partial charge < -0.3 is 4.42 Å². The Labute approximate surface area is 147 Å². The van der Waals surface area contributed by atoms with Gasteiger partial charge in [0.15, 0.2) is 0 Å². The van der Waals surface area contributed by atoms with Crippen molar-refractivity contribution in [2.75, 3.05) is 0 Å². The van der Waals surface area contributed by atoms with Gasteiger partial charge in [-0.25, -0.2) is 14.2 Å². The third kappa shape index (κ3) is 2.69. The monoisotopic (exact) mass is 350 g/mol. The Morgan fingerprint density at radius 1 is 1.04 bits per heavy atom. The maximum atomic E-state index is 13.3. The van der Waals surface area contributed by atoms with Gasteiger partial charge in [-0.15, -0.1) is 0 Å². The molecule has 0 aliphatic heterocycles. The number of hydrogen-bond donors (Lipinski definition) is 0. The zero-order valence-electron chi connectivity index (χ0n) is 14.2. The highest BCUT2D eigenvalue weighted by Crippen LogP contribution is 2.22. The average Bonchev–Trinajstić information content (AvgIpc) is 2.59. The molecule has 4 rings (SSSR count). The first-order valence-electron chi connectivity index (χ1n) is 8.11. The van der Waals surface area contributed by atoms with E-state index in [4.69, 9.17) is 4.42 Å². The van der Waals surface area contributed by atoms with Crippen molar-refractivity contribution in [3.05, 3.63) is 86.0 Å². The Bertz CT molecular complexity index is 1290. The molecule has 2 heterocycles. The van der Waals surface area contributed by atoms with Gasteiger partial charge >= 0.3 is 5.63 Å². The number of fused-ring (bicyclic) bond motifs is 2. The summed E-state index contributed by atoms with van der Waals surface area (Å²) < 4.78 is 20.0. The van der Waals surface area contributed by atoms with Crippen LogP contribution in [0.15, 0.2) is 56.7 Å². The SMILES string of the molecule is Cc1cc2oc(=O)cc(Cn3cnc4cc(F)ccc4c3=O)c2cc1C. The Morgan fingerprint density at radius 3 is 2.62 bits per heavy atom. The number of hydrogen-bond acceptors (Lipinski definition) is 4. The lowest BCUT2D eigenvalue weighted by Gasteiger charge is -2.10. The predicted molar refractivity (Wildman–Crippen MR) is 97.0 cm³/mol. The number of aromatic nitrogens is 2. The maximum absolute atomic E-state index is 13.3. The summed E-state index contributed by atoms with van der Waals surface area (Å²) in [7, 11) is 0. The van der Waals surface area contributed by atoms with Crippen molar-refractivity contribution in [3.8, 4) is 0 Å². The standard InChI is InChI=1S/C20H15FN2O3/c1-11-5-16-13(7-19(24)26-18(16)6-12(11)2)9-23-10-22-17-8-14(21)3-4-15(17)20(23)25/h3-8,10H,9H2,1-2H3. The van der Waals surface area contributed by atoms with Gasteiger partial charge in [-0.3, -0.25) is 9.36 Å². The molecule has 130 valence electrons. The van der Waals surface area contributed by atoms with Crippen molar-refractivity contribution in [1.29, 1.82) is 0 Å². The number of aryl methyl sites for hydroxylation is 2. The second-order valence-electron chi connectivity index (χ2n) is 6.36. The van der Waals surface area contributed by atoms with Crippen LogP contribution in [0.5, 0.6) is 0 Å². The lowest BCUT2D eigenvalue weighted by atomic mass is 10.0. The van der Waals surface area contributed by atoms with Gasteiger partial charge in [-0.2, -0.15) is 0 Å². The molecule has 0 atom stereocenters. The highest BCUT2D eigenvalue weighted by atomic mass is 19.1. The topological polar surface area (TPSA) is 65.1 Å². The molecule has 0 saturated heterocycles. The highest BCUT2D eigenvalue weighted by Gasteiger charge is 2.11. The summed E-state index contributed by atoms with van der Waals surface area (Å²) >= 11 is 0. The van der Waals surface area contributed by atoms with Crippen LogP contribution in [0.1, 0.15) is 16.7 Å². The van der Waals surface area contributed by atoms with Crippen LogP contribution in [-0.2, 0) is 6.54 Å². The van der Waals surface area contributed by atoms with Gasteiger partial charge in [0.2, 0.25) is 0 Å². The summed E-state index contributed by atoms with van der Waals surface area (Å²) in [4.78, 5) is 28.8. The molecule has 0 amide bonds. The summed E-state index contributed by atoms with van der Waals surface area (Å²) in [6.45, 7) is 4.09. The molecule has 0 bridgehead atoms. The summed E-state index contributed by atoms with van der Waals surface area (Å²) in [6, 6.07) is 9.02. The van der Waals surface area contributed by atoms with E-state index in [0.717, 1.165) is 16.5 Å². The Hall–Kier alpha value is -3.28. The molecule has 0 N–H and O–H groups in total. The van der Waals surface area contributed by atoms with Crippen LogP contribution in [0.3, 0.4) is 0 Å². The first-order chi connectivity index (χ1) is 12.4. The Kier molecular flexibility index (Phi) is 3.68. The fourth-order valence-electron chi connectivity index (χ4n) is 3.04. The Morgan fingerprint density at radius 2 is 1.81 bits per heavy atom. The summed E-state index contributed by atoms with van der Waals surface area (Å²) in [5.41, 5.74) is 2.77. The summed E-state index contributed by atoms with van der Waals surface area (Å²) in [5, 5.41) is 1.10. The van der Waals surface area contributed by atoms with Gasteiger partial charge in [0.05, 0.1) is 23.8 Å². The van der Waals surface area contributed by atoms with Crippen LogP contribution in [0.2, 0.25) is 0 Å². The smallest absolute Gasteiger partial charge is 0.336 e. The maximum Gasteiger partial charge on any atom is 0.336 e. The molecule has 0 radical (unpaired) electrons. The second kappa shape index (κ2) is 5.91. The van der Waals surface area contributed by atoms with Gasteiger partial charge in [0.1, 0.15) is 11.4 Å². The van der Waals surface area contributed by atoms with Crippen molar-refractivity contribution in [1.82, 2.24) is 9.55 Å². The van der Waals surface area contributed by atoms with Crippen molar-refractivity contribution < 1.29 is 8.81 Å². The first kappa shape index (κ1) is 16.2. The zero-order chi connectivity index (χ0) is 18.4. The van der Waals surface area contributed by atoms with Crippen LogP contribution in [0.25, 0.3) is 21.9 Å². The van der Waals surface area contributed by atoms with E-state index in [1.165, 1.54) is 35.2 Å². The van der Waals surface area contributed by atoms with Crippen LogP contribution in [-0.4, -0.2) is 9.55 Å². The van der Waals surface area contributed by atoms with Gasteiger partial charge in [0.25, 0.3) is 5.56 Å². The quantitative estimate of drug-likeness (QED) is 0.520. The van der Waals surface area contributed by atoms with Crippen LogP contribution in [0, 0.1) is 19.7 Å². The minimum atomic E-state index is -0.473. The molecule has 0 saturated carbocycles. The molecule has 0 unspecified atom stereocenters. The molecule has 0 fully saturated rings. The molecular weight excluding hydrogens is 335 g/mol. The number of halogens is 1. The highest BCUT2D eigenvalue weighted by molar-refractivity contribution is 5.82. The normalized spacial score (nSPS) is 11.3. The summed E-state index contributed by atoms with van der Waals surface area (Å²) in [6.07, 6.45) is 1.37. The molecule has 5 nitrogen and oxygen atoms in total. The van der Waals surface area contributed by atoms with Gasteiger partial charge in [-0.05, 0) is 54.8 Å². The molecule has 0 spiro atoms. The minimum absolute atomic E-state index is 0.170. The van der Waals surface area contributed by atoms with Crippen molar-refractivity contribution in [3.63, 3.8) is 0 Å². The van der Waals surface area contributed by atoms with Crippen LogP contribution in [0.4, 0.5) is 4.39 Å². The van der Waals surface area contributed by atoms with Crippen LogP contribution >= 0.6 is 0 Å². The fraction of sp³-hybridized carbons (Fsp3) is 0.150. The van der Waals surface area contributed by atoms with E-state index in [-0.39, 0.29) is 12.1 Å². The van der Waals surface area contributed by atoms with E-state index in [9.17, 15) is 14.0 Å². The van der Waals surface area contributed by atoms with E-state index < -0.39 is 11.4 Å². The molecule has 2 aromatic heterocycles. The molecule has 26 heavy (non-hydrogen) atoms. The fourth-order valence-corrected chi connectivity index (χ4v) is 3.04. The number of rotatable bonds is 2. The molecule has 4 aromatic rings. The lowest BCUT2D eigenvalue weighted by molar-refractivity contribution is 0.557. The Balaban J connectivity index is 1.90. The molecule has 6 heteroatoms. The zero-order valence-corrected chi connectivity index (χ0v) is 14.2. The minimum Gasteiger partial charge on any atom is -0.423 e. The second-order valence-corrected chi connectivity index (χ2v) is 6.36. The van der Waals surface area contributed by atoms with Gasteiger partial charge in [0, 0.05) is 17.5 Å². The van der Waals surface area contributed by atoms with E-state index in [1.54, 1.807) is 0 Å². The van der Waals surface area contributed by atoms with E-state index in [1.807, 2.05) is 26.0 Å². The van der Waals surface area contributed by atoms with Crippen LogP contribution < -0.4 is 11.2 Å². The van der Waals surface area contributed by atoms with Crippen molar-refractivity contribution in [2.24, 2.45) is 0 Å². The number of nitrogens with zero attached hydrogens (tertiary/aromatic N) is 2. The van der Waals surface area contributed by atoms with Gasteiger partial charge in [-0.1, -0.05) is 0 Å². The van der Waals surface area contributed by atoms with Crippen molar-refractivity contribution in [2.45, 2.75) is 20.4 Å². The molecule has 0 aliphatic rings. The third-order valence-corrected chi connectivity index (χ3v) is 4.57. The van der Waals surface area contributed by atoms with E-state index >= 15 is 0 Å². The largest absolute Gasteiger partial charge is 0.423 e. The number of benzene rings is 2. The first-order valence-corrected chi connectivity index (χ1v) is 8.11. The van der Waals surface area contributed by atoms with E-state index in [2.05, 4.69) is 4.98 Å². The molecule has 0 aliphatic carbocycles. The molecular formula is C20H15FN2O3. The predicted octanol–water partition coefficient (Wildman–Crippen LogP) is 3.31. The van der Waals surface area contributed by atoms with E-state index in [0.29, 0.717) is 22.0 Å². The third-order valence-electron chi connectivity index (χ3n) is 4.57. The molecule has 2 aromatic carbocycles. The lowest BCUT2D eigenvalue weighted by Crippen LogP contribution is -2.22. The summed E-state index contributed by atoms with van der Waals surface area (Å²) in [5.74, 6) is -0.445.